The summed E-state index contributed by atoms with van der Waals surface area (Å²) in [5, 5.41) is 0.528. The lowest BCUT2D eigenvalue weighted by molar-refractivity contribution is 0.459. The molecule has 0 radical (unpaired) electrons. The Balaban J connectivity index is 2.29. The van der Waals surface area contributed by atoms with Gasteiger partial charge in [0.15, 0.2) is 0 Å². The molecule has 1 aromatic carbocycles. The van der Waals surface area contributed by atoms with Crippen molar-refractivity contribution in [2.45, 2.75) is 19.8 Å². The lowest BCUT2D eigenvalue weighted by atomic mass is 10.3. The van der Waals surface area contributed by atoms with Gasteiger partial charge in [0.25, 0.3) is 0 Å². The van der Waals surface area contributed by atoms with Gasteiger partial charge in [0, 0.05) is 12.5 Å². The summed E-state index contributed by atoms with van der Waals surface area (Å²) in [6.45, 7) is 2.06. The molecule has 6 heteroatoms. The average molecular weight is 279 g/mol. The molecule has 2 rings (SSSR count). The van der Waals surface area contributed by atoms with Crippen LogP contribution in [0.2, 0.25) is 5.02 Å². The highest BCUT2D eigenvalue weighted by Crippen LogP contribution is 2.28. The minimum absolute atomic E-state index is 0.416. The van der Waals surface area contributed by atoms with Crippen LogP contribution in [0.4, 0.5) is 5.82 Å². The maximum absolute atomic E-state index is 6.04. The van der Waals surface area contributed by atoms with Crippen LogP contribution < -0.4 is 16.0 Å². The van der Waals surface area contributed by atoms with E-state index >= 15 is 0 Å². The smallest absolute Gasteiger partial charge is 0.224 e. The molecular weight excluding hydrogens is 264 g/mol. The van der Waals surface area contributed by atoms with Crippen LogP contribution in [0.15, 0.2) is 30.3 Å². The van der Waals surface area contributed by atoms with Gasteiger partial charge in [-0.15, -0.1) is 0 Å². The second kappa shape index (κ2) is 6.36. The Morgan fingerprint density at radius 3 is 2.79 bits per heavy atom. The van der Waals surface area contributed by atoms with E-state index in [0.717, 1.165) is 12.8 Å². The van der Waals surface area contributed by atoms with Crippen molar-refractivity contribution in [2.24, 2.45) is 5.84 Å². The van der Waals surface area contributed by atoms with E-state index in [-0.39, 0.29) is 0 Å². The van der Waals surface area contributed by atoms with E-state index in [1.165, 1.54) is 0 Å². The zero-order valence-electron chi connectivity index (χ0n) is 10.6. The van der Waals surface area contributed by atoms with Crippen LogP contribution in [0.25, 0.3) is 0 Å². The summed E-state index contributed by atoms with van der Waals surface area (Å²) in [5.41, 5.74) is 2.50. The zero-order valence-corrected chi connectivity index (χ0v) is 11.3. The third kappa shape index (κ3) is 3.56. The standard InChI is InChI=1S/C13H15ClN4O/c1-2-5-11-16-12(18-15)8-13(17-11)19-10-7-4-3-6-9(10)14/h3-4,6-8H,2,5,15H2,1H3,(H,16,17,18). The number of ether oxygens (including phenoxy) is 1. The summed E-state index contributed by atoms with van der Waals surface area (Å²) >= 11 is 6.04. The highest BCUT2D eigenvalue weighted by atomic mass is 35.5. The van der Waals surface area contributed by atoms with Crippen molar-refractivity contribution in [1.29, 1.82) is 0 Å². The summed E-state index contributed by atoms with van der Waals surface area (Å²) in [6.07, 6.45) is 1.70. The van der Waals surface area contributed by atoms with E-state index in [9.17, 15) is 0 Å². The van der Waals surface area contributed by atoms with Crippen LogP contribution in [-0.2, 0) is 6.42 Å². The SMILES string of the molecule is CCCc1nc(NN)cc(Oc2ccccc2Cl)n1. The summed E-state index contributed by atoms with van der Waals surface area (Å²) < 4.78 is 5.66. The van der Waals surface area contributed by atoms with Gasteiger partial charge in [0.05, 0.1) is 5.02 Å². The lowest BCUT2D eigenvalue weighted by Crippen LogP contribution is -2.10. The normalized spacial score (nSPS) is 10.3. The summed E-state index contributed by atoms with van der Waals surface area (Å²) in [7, 11) is 0. The fourth-order valence-electron chi connectivity index (χ4n) is 1.57. The molecule has 0 aliphatic heterocycles. The van der Waals surface area contributed by atoms with E-state index < -0.39 is 0 Å². The Kier molecular flexibility index (Phi) is 4.54. The molecule has 19 heavy (non-hydrogen) atoms. The van der Waals surface area contributed by atoms with Gasteiger partial charge in [-0.05, 0) is 18.6 Å². The lowest BCUT2D eigenvalue weighted by Gasteiger charge is -2.09. The summed E-state index contributed by atoms with van der Waals surface area (Å²) in [4.78, 5) is 8.57. The number of anilines is 1. The number of nitrogens with zero attached hydrogens (tertiary/aromatic N) is 2. The number of hydrogen-bond acceptors (Lipinski definition) is 5. The van der Waals surface area contributed by atoms with Crippen molar-refractivity contribution in [1.82, 2.24) is 9.97 Å². The number of nitrogen functional groups attached to an aromatic ring is 1. The predicted octanol–water partition coefficient (Wildman–Crippen LogP) is 3.16. The van der Waals surface area contributed by atoms with Crippen molar-refractivity contribution in [2.75, 3.05) is 5.43 Å². The Bertz CT molecular complexity index is 562. The summed E-state index contributed by atoms with van der Waals surface area (Å²) in [5.74, 6) is 7.55. The van der Waals surface area contributed by atoms with E-state index in [1.807, 2.05) is 12.1 Å². The molecule has 0 aliphatic rings. The number of hydrogen-bond donors (Lipinski definition) is 2. The molecule has 0 atom stereocenters. The first-order valence-corrected chi connectivity index (χ1v) is 6.37. The van der Waals surface area contributed by atoms with E-state index in [0.29, 0.717) is 28.3 Å². The first kappa shape index (κ1) is 13.6. The third-order valence-corrected chi connectivity index (χ3v) is 2.73. The fraction of sp³-hybridized carbons (Fsp3) is 0.231. The number of nitrogens with one attached hydrogen (secondary N) is 1. The first-order chi connectivity index (χ1) is 9.22. The maximum atomic E-state index is 6.04. The number of aryl methyl sites for hydroxylation is 1. The molecule has 2 aromatic rings. The molecule has 0 bridgehead atoms. The van der Waals surface area contributed by atoms with E-state index in [1.54, 1.807) is 18.2 Å². The molecule has 0 aliphatic carbocycles. The molecule has 0 spiro atoms. The van der Waals surface area contributed by atoms with Gasteiger partial charge in [-0.3, -0.25) is 0 Å². The molecule has 0 unspecified atom stereocenters. The predicted molar refractivity (Wildman–Crippen MR) is 75.4 cm³/mol. The van der Waals surface area contributed by atoms with Gasteiger partial charge >= 0.3 is 0 Å². The second-order valence-corrected chi connectivity index (χ2v) is 4.34. The van der Waals surface area contributed by atoms with Crippen LogP contribution in [0.5, 0.6) is 11.6 Å². The molecule has 0 saturated carbocycles. The van der Waals surface area contributed by atoms with Crippen LogP contribution in [0.3, 0.4) is 0 Å². The monoisotopic (exact) mass is 278 g/mol. The molecule has 1 heterocycles. The van der Waals surface area contributed by atoms with Gasteiger partial charge in [0.1, 0.15) is 17.4 Å². The van der Waals surface area contributed by atoms with Gasteiger partial charge in [-0.1, -0.05) is 30.7 Å². The van der Waals surface area contributed by atoms with Crippen LogP contribution >= 0.6 is 11.6 Å². The van der Waals surface area contributed by atoms with Crippen molar-refractivity contribution in [3.05, 3.63) is 41.2 Å². The Labute approximate surface area is 116 Å². The van der Waals surface area contributed by atoms with Crippen LogP contribution in [0, 0.1) is 0 Å². The first-order valence-electron chi connectivity index (χ1n) is 6.00. The fourth-order valence-corrected chi connectivity index (χ4v) is 1.75. The van der Waals surface area contributed by atoms with Crippen LogP contribution in [-0.4, -0.2) is 9.97 Å². The molecular formula is C13H15ClN4O. The Hall–Kier alpha value is -1.85. The van der Waals surface area contributed by atoms with Gasteiger partial charge < -0.3 is 10.2 Å². The number of hydrazine groups is 1. The minimum atomic E-state index is 0.416. The number of aromatic nitrogens is 2. The quantitative estimate of drug-likeness (QED) is 0.649. The van der Waals surface area contributed by atoms with Crippen molar-refractivity contribution >= 4 is 17.4 Å². The largest absolute Gasteiger partial charge is 0.437 e. The molecule has 0 fully saturated rings. The minimum Gasteiger partial charge on any atom is -0.437 e. The molecule has 3 N–H and O–H groups in total. The Morgan fingerprint density at radius 2 is 2.11 bits per heavy atom. The number of nitrogens with two attached hydrogens (primary N) is 1. The second-order valence-electron chi connectivity index (χ2n) is 3.93. The molecule has 0 saturated heterocycles. The van der Waals surface area contributed by atoms with Gasteiger partial charge in [-0.2, -0.15) is 4.98 Å². The van der Waals surface area contributed by atoms with Gasteiger partial charge in [0.2, 0.25) is 5.88 Å². The molecule has 100 valence electrons. The average Bonchev–Trinajstić information content (AvgIpc) is 2.41. The van der Waals surface area contributed by atoms with E-state index in [2.05, 4.69) is 22.3 Å². The van der Waals surface area contributed by atoms with Crippen molar-refractivity contribution in [3.63, 3.8) is 0 Å². The molecule has 5 nitrogen and oxygen atoms in total. The van der Waals surface area contributed by atoms with Crippen molar-refractivity contribution < 1.29 is 4.74 Å². The van der Waals surface area contributed by atoms with Gasteiger partial charge in [-0.25, -0.2) is 10.8 Å². The molecule has 0 amide bonds. The summed E-state index contributed by atoms with van der Waals surface area (Å²) in [6, 6.07) is 8.84. The number of benzene rings is 1. The molecule has 1 aromatic heterocycles. The van der Waals surface area contributed by atoms with Crippen LogP contribution in [0.1, 0.15) is 19.2 Å². The van der Waals surface area contributed by atoms with Crippen molar-refractivity contribution in [3.8, 4) is 11.6 Å². The zero-order chi connectivity index (χ0) is 13.7. The highest BCUT2D eigenvalue weighted by molar-refractivity contribution is 6.32. The topological polar surface area (TPSA) is 73.1 Å². The number of rotatable bonds is 5. The Morgan fingerprint density at radius 1 is 1.32 bits per heavy atom. The highest BCUT2D eigenvalue weighted by Gasteiger charge is 2.07. The third-order valence-electron chi connectivity index (χ3n) is 2.42. The van der Waals surface area contributed by atoms with E-state index in [4.69, 9.17) is 22.2 Å². The number of halogens is 1. The maximum Gasteiger partial charge on any atom is 0.224 e. The number of para-hydroxylation sites is 1.